The molecule has 3 rings (SSSR count). The van der Waals surface area contributed by atoms with Crippen LogP contribution in [0.1, 0.15) is 36.4 Å². The van der Waals surface area contributed by atoms with Crippen molar-refractivity contribution in [2.75, 3.05) is 18.5 Å². The Morgan fingerprint density at radius 2 is 2.09 bits per heavy atom. The van der Waals surface area contributed by atoms with Gasteiger partial charge in [-0.25, -0.2) is 4.79 Å². The lowest BCUT2D eigenvalue weighted by atomic mass is 10.2. The van der Waals surface area contributed by atoms with Crippen molar-refractivity contribution >= 4 is 47.4 Å². The van der Waals surface area contributed by atoms with Crippen LogP contribution >= 0.6 is 17.9 Å². The molecule has 2 aromatic rings. The fraction of sp³-hybridized carbons (Fsp3) is 0.381. The largest absolute Gasteiger partial charge is 0.460 e. The van der Waals surface area contributed by atoms with Crippen molar-refractivity contribution in [3.63, 3.8) is 0 Å². The van der Waals surface area contributed by atoms with Gasteiger partial charge in [-0.05, 0) is 30.0 Å². The summed E-state index contributed by atoms with van der Waals surface area (Å²) in [4.78, 5) is 40.4. The van der Waals surface area contributed by atoms with Gasteiger partial charge in [-0.15, -0.1) is 0 Å². The van der Waals surface area contributed by atoms with Crippen LogP contribution in [0.4, 0.5) is 5.82 Å². The molecule has 14 heteroatoms. The van der Waals surface area contributed by atoms with Gasteiger partial charge >= 0.3 is 11.7 Å². The van der Waals surface area contributed by atoms with Crippen LogP contribution in [-0.2, 0) is 35.1 Å². The first-order valence-corrected chi connectivity index (χ1v) is 14.2. The van der Waals surface area contributed by atoms with Crippen LogP contribution in [-0.4, -0.2) is 46.8 Å². The highest BCUT2D eigenvalue weighted by atomic mass is 32.9. The molecular formula is C21H23N4O7PS2. The predicted octanol–water partition coefficient (Wildman–Crippen LogP) is 2.82. The molecule has 1 aliphatic rings. The first kappa shape index (κ1) is 27.0. The minimum absolute atomic E-state index is 0.0764. The van der Waals surface area contributed by atoms with E-state index < -0.39 is 41.7 Å². The van der Waals surface area contributed by atoms with Gasteiger partial charge < -0.3 is 23.8 Å². The molecule has 1 N–H and O–H groups in total. The number of hydrogen-bond acceptors (Lipinski definition) is 10. The van der Waals surface area contributed by atoms with Crippen molar-refractivity contribution in [1.82, 2.24) is 9.55 Å². The second kappa shape index (κ2) is 12.4. The van der Waals surface area contributed by atoms with E-state index in [1.165, 1.54) is 23.8 Å². The van der Waals surface area contributed by atoms with E-state index in [9.17, 15) is 14.4 Å². The summed E-state index contributed by atoms with van der Waals surface area (Å²) < 4.78 is 23.4. The van der Waals surface area contributed by atoms with Gasteiger partial charge in [0.25, 0.3) is 5.91 Å². The summed E-state index contributed by atoms with van der Waals surface area (Å²) in [6.07, 6.45) is -0.535. The van der Waals surface area contributed by atoms with Crippen molar-refractivity contribution in [1.29, 1.82) is 5.26 Å². The molecule has 0 aliphatic carbocycles. The molecule has 0 spiro atoms. The number of esters is 1. The third kappa shape index (κ3) is 7.96. The maximum Gasteiger partial charge on any atom is 0.351 e. The standard InChI is InChI=1S/C21H23N4O7PS2/c1-14(26)31-16-12-19(32-17(16)13-30-33(34,35)29-11-5-9-22)25-10-8-18(24-21(25)28)23-20(27)15-6-3-2-4-7-15/h2-4,6-8,10,16-17,19H,5,11-13H2,1H3,(H,34,35)(H,23,24,27,28)/t16-,17+,19+/m0/s1. The Hall–Kier alpha value is -2.59. The number of ether oxygens (including phenoxy) is 2. The van der Waals surface area contributed by atoms with Gasteiger partial charge in [-0.2, -0.15) is 10.2 Å². The van der Waals surface area contributed by atoms with Crippen molar-refractivity contribution < 1.29 is 28.1 Å². The highest BCUT2D eigenvalue weighted by molar-refractivity contribution is 8.60. The van der Waals surface area contributed by atoms with Crippen LogP contribution in [0.5, 0.6) is 0 Å². The number of carbonyl (C=O) groups excluding carboxylic acids is 2. The fourth-order valence-corrected chi connectivity index (χ4v) is 4.83. The molecule has 1 aromatic carbocycles. The summed E-state index contributed by atoms with van der Waals surface area (Å²) in [6.45, 7) is 1.24. The fourth-order valence-electron chi connectivity index (χ4n) is 3.25. The molecule has 1 fully saturated rings. The Kier molecular flexibility index (Phi) is 9.56. The van der Waals surface area contributed by atoms with Crippen molar-refractivity contribution in [3.8, 4) is 6.07 Å². The summed E-state index contributed by atoms with van der Waals surface area (Å²) in [7, 11) is 0. The average molecular weight is 539 g/mol. The Morgan fingerprint density at radius 1 is 1.34 bits per heavy atom. The van der Waals surface area contributed by atoms with Gasteiger partial charge in [0, 0.05) is 25.1 Å². The highest BCUT2D eigenvalue weighted by Crippen LogP contribution is 2.54. The molecule has 1 amide bonds. The lowest BCUT2D eigenvalue weighted by Gasteiger charge is -2.22. The maximum absolute atomic E-state index is 12.7. The second-order valence-corrected chi connectivity index (χ2v) is 12.6. The van der Waals surface area contributed by atoms with Crippen LogP contribution in [0.2, 0.25) is 0 Å². The molecule has 1 aliphatic heterocycles. The third-order valence-electron chi connectivity index (χ3n) is 4.79. The molecular weight excluding hydrogens is 515 g/mol. The number of nitriles is 1. The lowest BCUT2D eigenvalue weighted by Crippen LogP contribution is -2.30. The minimum Gasteiger partial charge on any atom is -0.460 e. The summed E-state index contributed by atoms with van der Waals surface area (Å²) in [5.74, 6) is -0.844. The number of anilines is 1. The highest BCUT2D eigenvalue weighted by Gasteiger charge is 2.40. The van der Waals surface area contributed by atoms with Gasteiger partial charge in [-0.1, -0.05) is 30.4 Å². The van der Waals surface area contributed by atoms with Crippen LogP contribution in [0.15, 0.2) is 47.4 Å². The van der Waals surface area contributed by atoms with E-state index in [0.717, 1.165) is 0 Å². The quantitative estimate of drug-likeness (QED) is 0.201. The zero-order valence-corrected chi connectivity index (χ0v) is 21.2. The molecule has 186 valence electrons. The second-order valence-electron chi connectivity index (χ2n) is 7.34. The van der Waals surface area contributed by atoms with Crippen molar-refractivity contribution in [2.45, 2.75) is 38.2 Å². The zero-order chi connectivity index (χ0) is 25.4. The van der Waals surface area contributed by atoms with Crippen LogP contribution < -0.4 is 11.0 Å². The third-order valence-corrected chi connectivity index (χ3v) is 7.10. The van der Waals surface area contributed by atoms with E-state index in [2.05, 4.69) is 22.5 Å². The molecule has 0 bridgehead atoms. The van der Waals surface area contributed by atoms with Crippen molar-refractivity contribution in [2.24, 2.45) is 0 Å². The molecule has 35 heavy (non-hydrogen) atoms. The number of benzene rings is 1. The monoisotopic (exact) mass is 538 g/mol. The number of aromatic nitrogens is 2. The number of carbonyl (C=O) groups is 2. The molecule has 1 saturated heterocycles. The summed E-state index contributed by atoms with van der Waals surface area (Å²) in [6, 6.07) is 11.9. The topological polar surface area (TPSA) is 142 Å². The Labute approximate surface area is 211 Å². The maximum atomic E-state index is 12.7. The number of nitrogens with one attached hydrogen (secondary N) is 1. The Balaban J connectivity index is 1.68. The van der Waals surface area contributed by atoms with Crippen molar-refractivity contribution in [3.05, 3.63) is 58.6 Å². The molecule has 1 aromatic heterocycles. The molecule has 0 saturated carbocycles. The zero-order valence-electron chi connectivity index (χ0n) is 18.6. The van der Waals surface area contributed by atoms with Gasteiger partial charge in [-0.3, -0.25) is 14.2 Å². The number of thiol groups is 1. The van der Waals surface area contributed by atoms with Gasteiger partial charge in [0.2, 0.25) is 5.69 Å². The van der Waals surface area contributed by atoms with E-state index in [0.29, 0.717) is 5.56 Å². The smallest absolute Gasteiger partial charge is 0.351 e. The number of rotatable bonds is 10. The number of amides is 1. The summed E-state index contributed by atoms with van der Waals surface area (Å²) >= 11 is 9.42. The van der Waals surface area contributed by atoms with E-state index in [1.54, 1.807) is 30.3 Å². The normalized spacial score (nSPS) is 21.0. The molecule has 2 heterocycles. The predicted molar refractivity (Wildman–Crippen MR) is 132 cm³/mol. The Morgan fingerprint density at radius 3 is 2.74 bits per heavy atom. The molecule has 0 radical (unpaired) electrons. The van der Waals surface area contributed by atoms with Crippen LogP contribution in [0.3, 0.4) is 0 Å². The summed E-state index contributed by atoms with van der Waals surface area (Å²) in [5.41, 5.74) is -3.19. The molecule has 4 atom stereocenters. The van der Waals surface area contributed by atoms with Crippen LogP contribution in [0.25, 0.3) is 0 Å². The SMILES string of the molecule is CC(=O)O[C@H]1C[C@H](n2ccc(NC(=O)c3ccccc3)nc2=O)O[C@@H]1COP(=S)(S)OCCC#N. The van der Waals surface area contributed by atoms with E-state index >= 15 is 0 Å². The summed E-state index contributed by atoms with van der Waals surface area (Å²) in [5, 5.41) is 11.2. The van der Waals surface area contributed by atoms with Crippen LogP contribution in [0, 0.1) is 11.3 Å². The minimum atomic E-state index is -2.95. The number of hydrogen-bond donors (Lipinski definition) is 2. The van der Waals surface area contributed by atoms with Gasteiger partial charge in [0.1, 0.15) is 24.3 Å². The van der Waals surface area contributed by atoms with E-state index in [1.807, 2.05) is 6.07 Å². The average Bonchev–Trinajstić information content (AvgIpc) is 3.20. The molecule has 1 unspecified atom stereocenters. The Bertz CT molecular complexity index is 1200. The van der Waals surface area contributed by atoms with E-state index in [-0.39, 0.29) is 31.9 Å². The first-order chi connectivity index (χ1) is 16.7. The number of nitrogens with zero attached hydrogens (tertiary/aromatic N) is 3. The van der Waals surface area contributed by atoms with Gasteiger partial charge in [0.15, 0.2) is 0 Å². The van der Waals surface area contributed by atoms with Gasteiger partial charge in [0.05, 0.1) is 25.7 Å². The molecule has 11 nitrogen and oxygen atoms in total. The van der Waals surface area contributed by atoms with E-state index in [4.69, 9.17) is 35.6 Å². The first-order valence-electron chi connectivity index (χ1n) is 10.5. The lowest BCUT2D eigenvalue weighted by molar-refractivity contribution is -0.150.